The normalized spacial score (nSPS) is 11.0. The summed E-state index contributed by atoms with van der Waals surface area (Å²) in [6, 6.07) is 13.7. The molecule has 0 fully saturated rings. The van der Waals surface area contributed by atoms with Gasteiger partial charge in [-0.3, -0.25) is 4.79 Å². The van der Waals surface area contributed by atoms with Crippen molar-refractivity contribution < 1.29 is 13.9 Å². The topological polar surface area (TPSA) is 69.0 Å². The van der Waals surface area contributed by atoms with Crippen LogP contribution in [0.15, 0.2) is 48.5 Å². The fraction of sp³-hybridized carbons (Fsp3) is 0.150. The molecule has 0 radical (unpaired) electrons. The van der Waals surface area contributed by atoms with E-state index in [2.05, 4.69) is 15.4 Å². The summed E-state index contributed by atoms with van der Waals surface area (Å²) in [4.78, 5) is 16.8. The summed E-state index contributed by atoms with van der Waals surface area (Å²) < 4.78 is 21.2. The Labute approximate surface area is 164 Å². The molecule has 4 aromatic rings. The number of hydrogen-bond acceptors (Lipinski definition) is 5. The quantitative estimate of drug-likeness (QED) is 0.547. The number of hydrogen-bond donors (Lipinski definition) is 1. The number of carbonyl (C=O) groups is 1. The first-order valence-electron chi connectivity index (χ1n) is 8.60. The highest BCUT2D eigenvalue weighted by Gasteiger charge is 2.15. The summed E-state index contributed by atoms with van der Waals surface area (Å²) in [5, 5.41) is 7.74. The molecule has 0 spiro atoms. The molecule has 4 rings (SSSR count). The molecule has 6 nitrogen and oxygen atoms in total. The number of rotatable bonds is 5. The molecule has 2 heterocycles. The Bertz CT molecular complexity index is 1170. The average molecular weight is 396 g/mol. The van der Waals surface area contributed by atoms with Gasteiger partial charge in [0.05, 0.1) is 15.9 Å². The number of ether oxygens (including phenoxy) is 1. The number of benzene rings is 2. The summed E-state index contributed by atoms with van der Waals surface area (Å²) >= 11 is 1.30. The molecule has 2 aromatic carbocycles. The van der Waals surface area contributed by atoms with Crippen molar-refractivity contribution in [2.24, 2.45) is 0 Å². The number of aromatic nitrogens is 3. The lowest BCUT2D eigenvalue weighted by atomic mass is 10.2. The maximum atomic E-state index is 13.4. The number of thiazole rings is 1. The minimum Gasteiger partial charge on any atom is -0.484 e. The van der Waals surface area contributed by atoms with Crippen molar-refractivity contribution in [2.75, 3.05) is 11.9 Å². The van der Waals surface area contributed by atoms with Gasteiger partial charge in [-0.2, -0.15) is 9.78 Å². The zero-order valence-corrected chi connectivity index (χ0v) is 16.1. The number of fused-ring (bicyclic) bond motifs is 1. The predicted octanol–water partition coefficient (Wildman–Crippen LogP) is 4.26. The van der Waals surface area contributed by atoms with Crippen LogP contribution in [-0.2, 0) is 4.79 Å². The molecule has 0 saturated heterocycles. The van der Waals surface area contributed by atoms with E-state index in [9.17, 15) is 9.18 Å². The number of nitrogens with zero attached hydrogens (tertiary/aromatic N) is 3. The van der Waals surface area contributed by atoms with E-state index in [-0.39, 0.29) is 18.3 Å². The molecular formula is C20H17FN4O2S. The molecule has 8 heteroatoms. The number of aryl methyl sites for hydroxylation is 2. The molecule has 0 atom stereocenters. The summed E-state index contributed by atoms with van der Waals surface area (Å²) in [5.41, 5.74) is 2.45. The Balaban J connectivity index is 1.53. The molecule has 0 aliphatic heterocycles. The van der Waals surface area contributed by atoms with E-state index in [4.69, 9.17) is 4.74 Å². The van der Waals surface area contributed by atoms with E-state index in [0.29, 0.717) is 26.9 Å². The summed E-state index contributed by atoms with van der Waals surface area (Å²) in [5.74, 6) is 0.485. The van der Waals surface area contributed by atoms with E-state index < -0.39 is 0 Å². The van der Waals surface area contributed by atoms with Crippen LogP contribution in [0.2, 0.25) is 0 Å². The molecule has 0 aliphatic rings. The van der Waals surface area contributed by atoms with Crippen molar-refractivity contribution in [1.82, 2.24) is 14.8 Å². The molecule has 1 N–H and O–H groups in total. The van der Waals surface area contributed by atoms with Crippen molar-refractivity contribution in [3.8, 4) is 10.9 Å². The first-order chi connectivity index (χ1) is 13.5. The van der Waals surface area contributed by atoms with Crippen LogP contribution in [0, 0.1) is 19.7 Å². The number of anilines is 1. The van der Waals surface area contributed by atoms with Crippen molar-refractivity contribution in [2.45, 2.75) is 13.8 Å². The maximum Gasteiger partial charge on any atom is 0.263 e. The van der Waals surface area contributed by atoms with Crippen LogP contribution in [0.25, 0.3) is 15.3 Å². The molecule has 28 heavy (non-hydrogen) atoms. The van der Waals surface area contributed by atoms with Gasteiger partial charge in [-0.15, -0.1) is 0 Å². The second-order valence-electron chi connectivity index (χ2n) is 6.34. The van der Waals surface area contributed by atoms with Gasteiger partial charge in [0.1, 0.15) is 17.4 Å². The third-order valence-corrected chi connectivity index (χ3v) is 4.97. The predicted molar refractivity (Wildman–Crippen MR) is 107 cm³/mol. The van der Waals surface area contributed by atoms with Crippen molar-refractivity contribution >= 4 is 33.3 Å². The fourth-order valence-corrected chi connectivity index (χ4v) is 3.70. The van der Waals surface area contributed by atoms with Crippen molar-refractivity contribution in [3.05, 3.63) is 65.6 Å². The molecule has 0 saturated carbocycles. The minimum absolute atomic E-state index is 0.126. The van der Waals surface area contributed by atoms with Crippen LogP contribution in [-0.4, -0.2) is 27.3 Å². The second-order valence-corrected chi connectivity index (χ2v) is 7.35. The SMILES string of the molecule is Cc1cccc(OCC(=O)Nc2cc(C)nn2-c2nc3ccc(F)cc3s2)c1. The third kappa shape index (κ3) is 3.86. The van der Waals surface area contributed by atoms with Crippen molar-refractivity contribution in [1.29, 1.82) is 0 Å². The van der Waals surface area contributed by atoms with Gasteiger partial charge in [-0.1, -0.05) is 23.5 Å². The highest BCUT2D eigenvalue weighted by atomic mass is 32.1. The lowest BCUT2D eigenvalue weighted by Gasteiger charge is -2.08. The molecule has 142 valence electrons. The lowest BCUT2D eigenvalue weighted by molar-refractivity contribution is -0.118. The molecule has 1 amide bonds. The first kappa shape index (κ1) is 18.1. The Morgan fingerprint density at radius 3 is 2.89 bits per heavy atom. The molecule has 2 aromatic heterocycles. The van der Waals surface area contributed by atoms with E-state index in [1.54, 1.807) is 22.9 Å². The average Bonchev–Trinajstić information content (AvgIpc) is 3.22. The second kappa shape index (κ2) is 7.40. The van der Waals surface area contributed by atoms with E-state index >= 15 is 0 Å². The largest absolute Gasteiger partial charge is 0.484 e. The van der Waals surface area contributed by atoms with Crippen LogP contribution in [0.1, 0.15) is 11.3 Å². The molecule has 0 bridgehead atoms. The lowest BCUT2D eigenvalue weighted by Crippen LogP contribution is -2.21. The van der Waals surface area contributed by atoms with E-state index in [1.807, 2.05) is 32.0 Å². The Morgan fingerprint density at radius 2 is 2.07 bits per heavy atom. The monoisotopic (exact) mass is 396 g/mol. The highest BCUT2D eigenvalue weighted by molar-refractivity contribution is 7.20. The van der Waals surface area contributed by atoms with Crippen molar-refractivity contribution in [3.63, 3.8) is 0 Å². The number of carbonyl (C=O) groups excluding carboxylic acids is 1. The Hall–Kier alpha value is -3.26. The van der Waals surface area contributed by atoms with Crippen LogP contribution < -0.4 is 10.1 Å². The molecule has 0 aliphatic carbocycles. The van der Waals surface area contributed by atoms with Gasteiger partial charge in [0.2, 0.25) is 5.13 Å². The number of nitrogens with one attached hydrogen (secondary N) is 1. The Kier molecular flexibility index (Phi) is 4.79. The summed E-state index contributed by atoms with van der Waals surface area (Å²) in [6.45, 7) is 3.65. The standard InChI is InChI=1S/C20H17FN4O2S/c1-12-4-3-5-15(8-12)27-11-19(26)23-18-9-13(2)24-25(18)20-22-16-7-6-14(21)10-17(16)28-20/h3-10H,11H2,1-2H3,(H,23,26). The first-order valence-corrected chi connectivity index (χ1v) is 9.42. The third-order valence-electron chi connectivity index (χ3n) is 3.98. The maximum absolute atomic E-state index is 13.4. The van der Waals surface area contributed by atoms with Crippen LogP contribution in [0.4, 0.5) is 10.2 Å². The van der Waals surface area contributed by atoms with Crippen LogP contribution >= 0.6 is 11.3 Å². The zero-order valence-electron chi connectivity index (χ0n) is 15.3. The van der Waals surface area contributed by atoms with Gasteiger partial charge in [0.15, 0.2) is 6.61 Å². The van der Waals surface area contributed by atoms with Gasteiger partial charge in [0, 0.05) is 6.07 Å². The Morgan fingerprint density at radius 1 is 1.21 bits per heavy atom. The van der Waals surface area contributed by atoms with Gasteiger partial charge < -0.3 is 10.1 Å². The van der Waals surface area contributed by atoms with Crippen LogP contribution in [0.5, 0.6) is 5.75 Å². The minimum atomic E-state index is -0.318. The van der Waals surface area contributed by atoms with E-state index in [1.165, 1.54) is 23.5 Å². The molecule has 0 unspecified atom stereocenters. The van der Waals surface area contributed by atoms with Gasteiger partial charge in [-0.25, -0.2) is 9.37 Å². The summed E-state index contributed by atoms with van der Waals surface area (Å²) in [7, 11) is 0. The zero-order chi connectivity index (χ0) is 19.7. The number of halogens is 1. The highest BCUT2D eigenvalue weighted by Crippen LogP contribution is 2.27. The number of amides is 1. The van der Waals surface area contributed by atoms with E-state index in [0.717, 1.165) is 11.3 Å². The smallest absolute Gasteiger partial charge is 0.263 e. The van der Waals surface area contributed by atoms with Gasteiger partial charge in [0.25, 0.3) is 5.91 Å². The fourth-order valence-electron chi connectivity index (χ4n) is 2.74. The van der Waals surface area contributed by atoms with Gasteiger partial charge in [-0.05, 0) is 49.7 Å². The molecular weight excluding hydrogens is 379 g/mol. The van der Waals surface area contributed by atoms with Gasteiger partial charge >= 0.3 is 0 Å². The summed E-state index contributed by atoms with van der Waals surface area (Å²) in [6.07, 6.45) is 0. The van der Waals surface area contributed by atoms with Crippen LogP contribution in [0.3, 0.4) is 0 Å².